The number of hydrogen-bond acceptors (Lipinski definition) is 3. The minimum Gasteiger partial charge on any atom is -0.399 e. The molecule has 106 valence electrons. The summed E-state index contributed by atoms with van der Waals surface area (Å²) in [5.74, 6) is -0.326. The summed E-state index contributed by atoms with van der Waals surface area (Å²) in [4.78, 5) is 12.1. The third-order valence-electron chi connectivity index (χ3n) is 3.07. The first-order valence-electron chi connectivity index (χ1n) is 5.90. The Morgan fingerprint density at radius 1 is 1.45 bits per heavy atom. The van der Waals surface area contributed by atoms with Gasteiger partial charge in [0.15, 0.2) is 0 Å². The summed E-state index contributed by atoms with van der Waals surface area (Å²) >= 11 is 11.9. The number of rotatable bonds is 3. The molecule has 1 amide bonds. The van der Waals surface area contributed by atoms with Crippen LogP contribution in [0.2, 0.25) is 10.0 Å². The van der Waals surface area contributed by atoms with Gasteiger partial charge in [0.1, 0.15) is 0 Å². The number of nitrogens with zero attached hydrogens (tertiary/aromatic N) is 2. The van der Waals surface area contributed by atoms with Crippen LogP contribution in [0.25, 0.3) is 0 Å². The normalized spacial score (nSPS) is 10.6. The van der Waals surface area contributed by atoms with Gasteiger partial charge in [0.2, 0.25) is 0 Å². The summed E-state index contributed by atoms with van der Waals surface area (Å²) in [7, 11) is 1.84. The standard InChI is InChI=1S/C13H14Cl2N4O/c1-7-8(6-18-19(7)2)5-17-13(20)10-3-9(16)4-11(14)12(10)15/h3-4,6H,5,16H2,1-2H3,(H,17,20). The lowest BCUT2D eigenvalue weighted by atomic mass is 10.1. The van der Waals surface area contributed by atoms with Crippen LogP contribution in [0.15, 0.2) is 18.3 Å². The second kappa shape index (κ2) is 5.73. The average Bonchev–Trinajstić information content (AvgIpc) is 2.71. The molecule has 2 aromatic rings. The van der Waals surface area contributed by atoms with Crippen LogP contribution in [-0.4, -0.2) is 15.7 Å². The van der Waals surface area contributed by atoms with Crippen molar-refractivity contribution in [2.24, 2.45) is 7.05 Å². The van der Waals surface area contributed by atoms with Crippen molar-refractivity contribution in [3.05, 3.63) is 45.2 Å². The lowest BCUT2D eigenvalue weighted by molar-refractivity contribution is 0.0951. The van der Waals surface area contributed by atoms with E-state index in [4.69, 9.17) is 28.9 Å². The molecule has 0 spiro atoms. The summed E-state index contributed by atoms with van der Waals surface area (Å²) in [6.07, 6.45) is 1.71. The van der Waals surface area contributed by atoms with Crippen molar-refractivity contribution in [1.29, 1.82) is 0 Å². The van der Waals surface area contributed by atoms with Crippen LogP contribution in [0, 0.1) is 6.92 Å². The van der Waals surface area contributed by atoms with E-state index >= 15 is 0 Å². The molecule has 7 heteroatoms. The largest absolute Gasteiger partial charge is 0.399 e. The van der Waals surface area contributed by atoms with Gasteiger partial charge in [-0.3, -0.25) is 9.48 Å². The molecule has 0 bridgehead atoms. The Kier molecular flexibility index (Phi) is 4.20. The van der Waals surface area contributed by atoms with Gasteiger partial charge in [0, 0.05) is 30.5 Å². The lowest BCUT2D eigenvalue weighted by Gasteiger charge is -2.08. The molecule has 5 nitrogen and oxygen atoms in total. The fourth-order valence-corrected chi connectivity index (χ4v) is 2.19. The SMILES string of the molecule is Cc1c(CNC(=O)c2cc(N)cc(Cl)c2Cl)cnn1C. The van der Waals surface area contributed by atoms with Gasteiger partial charge in [-0.15, -0.1) is 0 Å². The number of carbonyl (C=O) groups is 1. The van der Waals surface area contributed by atoms with Gasteiger partial charge in [-0.25, -0.2) is 0 Å². The lowest BCUT2D eigenvalue weighted by Crippen LogP contribution is -2.23. The highest BCUT2D eigenvalue weighted by atomic mass is 35.5. The number of halogens is 2. The molecule has 0 unspecified atom stereocenters. The number of amides is 1. The third-order valence-corrected chi connectivity index (χ3v) is 3.87. The van der Waals surface area contributed by atoms with Crippen molar-refractivity contribution in [2.45, 2.75) is 13.5 Å². The Morgan fingerprint density at radius 3 is 2.75 bits per heavy atom. The van der Waals surface area contributed by atoms with Crippen LogP contribution in [0.1, 0.15) is 21.6 Å². The van der Waals surface area contributed by atoms with Gasteiger partial charge in [0.25, 0.3) is 5.91 Å². The second-order valence-corrected chi connectivity index (χ2v) is 5.21. The van der Waals surface area contributed by atoms with Crippen molar-refractivity contribution in [3.8, 4) is 0 Å². The average molecular weight is 313 g/mol. The highest BCUT2D eigenvalue weighted by Gasteiger charge is 2.14. The molecule has 0 atom stereocenters. The maximum atomic E-state index is 12.1. The number of nitrogens with two attached hydrogens (primary N) is 1. The van der Waals surface area contributed by atoms with Crippen LogP contribution in [0.4, 0.5) is 5.69 Å². The first-order valence-corrected chi connectivity index (χ1v) is 6.66. The number of nitrogens with one attached hydrogen (secondary N) is 1. The van der Waals surface area contributed by atoms with Crippen molar-refractivity contribution >= 4 is 34.8 Å². The molecule has 0 aliphatic rings. The number of aromatic nitrogens is 2. The molecule has 3 N–H and O–H groups in total. The minimum atomic E-state index is -0.326. The molecule has 0 aliphatic carbocycles. The molecule has 0 aliphatic heterocycles. The maximum absolute atomic E-state index is 12.1. The molecule has 0 fully saturated rings. The summed E-state index contributed by atoms with van der Waals surface area (Å²) < 4.78 is 1.74. The first-order chi connectivity index (χ1) is 9.40. The predicted molar refractivity (Wildman–Crippen MR) is 80.0 cm³/mol. The molecule has 0 saturated heterocycles. The highest BCUT2D eigenvalue weighted by Crippen LogP contribution is 2.28. The molecule has 1 heterocycles. The van der Waals surface area contributed by atoms with Gasteiger partial charge in [-0.2, -0.15) is 5.10 Å². The van der Waals surface area contributed by atoms with Crippen LogP contribution in [-0.2, 0) is 13.6 Å². The molecular weight excluding hydrogens is 299 g/mol. The fraction of sp³-hybridized carbons (Fsp3) is 0.231. The van der Waals surface area contributed by atoms with Gasteiger partial charge in [-0.1, -0.05) is 23.2 Å². The number of aryl methyl sites for hydroxylation is 1. The predicted octanol–water partition coefficient (Wildman–Crippen LogP) is 2.55. The molecule has 1 aromatic heterocycles. The Morgan fingerprint density at radius 2 is 2.15 bits per heavy atom. The Hall–Kier alpha value is -1.72. The van der Waals surface area contributed by atoms with Crippen molar-refractivity contribution < 1.29 is 4.79 Å². The van der Waals surface area contributed by atoms with Crippen LogP contribution in [0.3, 0.4) is 0 Å². The number of carbonyl (C=O) groups excluding carboxylic acids is 1. The van der Waals surface area contributed by atoms with Crippen LogP contribution in [0.5, 0.6) is 0 Å². The number of nitrogen functional groups attached to an aromatic ring is 1. The fourth-order valence-electron chi connectivity index (χ4n) is 1.76. The van der Waals surface area contributed by atoms with E-state index in [1.807, 2.05) is 14.0 Å². The molecular formula is C13H14Cl2N4O. The Labute approximate surface area is 126 Å². The van der Waals surface area contributed by atoms with E-state index in [1.54, 1.807) is 10.9 Å². The molecule has 2 rings (SSSR count). The molecule has 20 heavy (non-hydrogen) atoms. The van der Waals surface area contributed by atoms with E-state index in [0.717, 1.165) is 11.3 Å². The van der Waals surface area contributed by atoms with E-state index < -0.39 is 0 Å². The molecule has 1 aromatic carbocycles. The van der Waals surface area contributed by atoms with E-state index in [-0.39, 0.29) is 21.5 Å². The smallest absolute Gasteiger partial charge is 0.253 e. The van der Waals surface area contributed by atoms with E-state index in [9.17, 15) is 4.79 Å². The minimum absolute atomic E-state index is 0.196. The van der Waals surface area contributed by atoms with Gasteiger partial charge >= 0.3 is 0 Å². The van der Waals surface area contributed by atoms with E-state index in [2.05, 4.69) is 10.4 Å². The van der Waals surface area contributed by atoms with E-state index in [0.29, 0.717) is 12.2 Å². The zero-order valence-electron chi connectivity index (χ0n) is 11.1. The first kappa shape index (κ1) is 14.7. The van der Waals surface area contributed by atoms with Crippen molar-refractivity contribution in [3.63, 3.8) is 0 Å². The van der Waals surface area contributed by atoms with Crippen LogP contribution < -0.4 is 11.1 Å². The summed E-state index contributed by atoms with van der Waals surface area (Å²) in [6, 6.07) is 3.01. The van der Waals surface area contributed by atoms with Gasteiger partial charge < -0.3 is 11.1 Å². The zero-order valence-corrected chi connectivity index (χ0v) is 12.6. The summed E-state index contributed by atoms with van der Waals surface area (Å²) in [5.41, 5.74) is 8.24. The molecule has 0 saturated carbocycles. The summed E-state index contributed by atoms with van der Waals surface area (Å²) in [5, 5.41) is 7.34. The highest BCUT2D eigenvalue weighted by molar-refractivity contribution is 6.44. The number of anilines is 1. The number of benzene rings is 1. The second-order valence-electron chi connectivity index (χ2n) is 4.43. The number of hydrogen-bond donors (Lipinski definition) is 2. The topological polar surface area (TPSA) is 72.9 Å². The molecule has 0 radical (unpaired) electrons. The summed E-state index contributed by atoms with van der Waals surface area (Å²) in [6.45, 7) is 2.29. The van der Waals surface area contributed by atoms with Crippen molar-refractivity contribution in [1.82, 2.24) is 15.1 Å². The monoisotopic (exact) mass is 312 g/mol. The zero-order chi connectivity index (χ0) is 14.9. The Balaban J connectivity index is 2.15. The van der Waals surface area contributed by atoms with E-state index in [1.165, 1.54) is 12.1 Å². The third kappa shape index (κ3) is 2.89. The van der Waals surface area contributed by atoms with Crippen molar-refractivity contribution in [2.75, 3.05) is 5.73 Å². The van der Waals surface area contributed by atoms with Gasteiger partial charge in [0.05, 0.1) is 21.8 Å². The Bertz CT molecular complexity index is 667. The quantitative estimate of drug-likeness (QED) is 0.855. The van der Waals surface area contributed by atoms with Gasteiger partial charge in [-0.05, 0) is 19.1 Å². The maximum Gasteiger partial charge on any atom is 0.253 e. The van der Waals surface area contributed by atoms with Crippen LogP contribution >= 0.6 is 23.2 Å².